The third kappa shape index (κ3) is 1.71. The number of ether oxygens (including phenoxy) is 2. The van der Waals surface area contributed by atoms with Crippen LogP contribution in [0.1, 0.15) is 20.8 Å². The molecule has 5 nitrogen and oxygen atoms in total. The second kappa shape index (κ2) is 3.01. The van der Waals surface area contributed by atoms with Crippen molar-refractivity contribution in [2.45, 2.75) is 26.6 Å². The Hall–Kier alpha value is -1.52. The smallest absolute Gasteiger partial charge is 0.450 e. The van der Waals surface area contributed by atoms with Crippen molar-refractivity contribution in [2.75, 3.05) is 0 Å². The summed E-state index contributed by atoms with van der Waals surface area (Å²) in [6.45, 7) is 5.16. The van der Waals surface area contributed by atoms with Crippen LogP contribution in [0, 0.1) is 5.41 Å². The molecule has 1 atom stereocenters. The van der Waals surface area contributed by atoms with Gasteiger partial charge in [-0.25, -0.2) is 9.59 Å². The number of rotatable bonds is 1. The second-order valence-electron chi connectivity index (χ2n) is 4.04. The van der Waals surface area contributed by atoms with Crippen LogP contribution in [-0.4, -0.2) is 23.0 Å². The first kappa shape index (κ1) is 10.6. The van der Waals surface area contributed by atoms with Gasteiger partial charge in [0.05, 0.1) is 0 Å². The van der Waals surface area contributed by atoms with Crippen molar-refractivity contribution in [3.8, 4) is 0 Å². The van der Waals surface area contributed by atoms with Crippen LogP contribution in [0.5, 0.6) is 0 Å². The zero-order valence-electron chi connectivity index (χ0n) is 8.23. The van der Waals surface area contributed by atoms with Gasteiger partial charge >= 0.3 is 12.1 Å². The summed E-state index contributed by atoms with van der Waals surface area (Å²) in [6.07, 6.45) is 1.01. The predicted molar refractivity (Wildman–Crippen MR) is 46.5 cm³/mol. The molecule has 0 aliphatic carbocycles. The molecule has 0 fully saturated rings. The number of carboxylic acid groups (broad SMARTS) is 1. The van der Waals surface area contributed by atoms with E-state index in [0.29, 0.717) is 0 Å². The SMILES string of the molecule is CC(C)(C)C1(OC(=O)O)C=CC(=O)O1. The van der Waals surface area contributed by atoms with Crippen molar-refractivity contribution in [1.82, 2.24) is 0 Å². The minimum absolute atomic E-state index is 0.596. The minimum Gasteiger partial charge on any atom is -0.450 e. The highest BCUT2D eigenvalue weighted by Gasteiger charge is 2.50. The first-order valence-electron chi connectivity index (χ1n) is 4.11. The fourth-order valence-corrected chi connectivity index (χ4v) is 1.14. The molecule has 78 valence electrons. The van der Waals surface area contributed by atoms with Gasteiger partial charge in [0.1, 0.15) is 0 Å². The van der Waals surface area contributed by atoms with Gasteiger partial charge in [0.25, 0.3) is 5.79 Å². The average Bonchev–Trinajstić information content (AvgIpc) is 2.29. The molecule has 14 heavy (non-hydrogen) atoms. The lowest BCUT2D eigenvalue weighted by Crippen LogP contribution is -2.46. The van der Waals surface area contributed by atoms with Crippen molar-refractivity contribution in [2.24, 2.45) is 5.41 Å². The molecular weight excluding hydrogens is 188 g/mol. The molecule has 0 aromatic heterocycles. The van der Waals surface area contributed by atoms with Gasteiger partial charge in [-0.2, -0.15) is 0 Å². The molecule has 0 aromatic rings. The van der Waals surface area contributed by atoms with E-state index in [-0.39, 0.29) is 0 Å². The van der Waals surface area contributed by atoms with Crippen LogP contribution in [0.3, 0.4) is 0 Å². The summed E-state index contributed by atoms with van der Waals surface area (Å²) >= 11 is 0. The van der Waals surface area contributed by atoms with Crippen molar-refractivity contribution >= 4 is 12.1 Å². The number of esters is 1. The van der Waals surface area contributed by atoms with Crippen molar-refractivity contribution < 1.29 is 24.2 Å². The molecule has 0 amide bonds. The number of carbonyl (C=O) groups excluding carboxylic acids is 1. The standard InChI is InChI=1S/C9H12O5/c1-8(2,3)9(14-7(11)12)5-4-6(10)13-9/h4-5H,1-3H3,(H,11,12). The van der Waals surface area contributed by atoms with E-state index in [9.17, 15) is 9.59 Å². The molecule has 1 heterocycles. The van der Waals surface area contributed by atoms with E-state index in [1.807, 2.05) is 0 Å². The van der Waals surface area contributed by atoms with E-state index in [2.05, 4.69) is 4.74 Å². The number of carbonyl (C=O) groups is 2. The Labute approximate surface area is 81.3 Å². The summed E-state index contributed by atoms with van der Waals surface area (Å²) in [7, 11) is 0. The zero-order chi connectivity index (χ0) is 11.0. The van der Waals surface area contributed by atoms with Crippen LogP contribution < -0.4 is 0 Å². The predicted octanol–water partition coefficient (Wildman–Crippen LogP) is 1.54. The Balaban J connectivity index is 2.99. The van der Waals surface area contributed by atoms with Gasteiger partial charge in [-0.05, 0) is 0 Å². The maximum atomic E-state index is 10.9. The monoisotopic (exact) mass is 200 g/mol. The van der Waals surface area contributed by atoms with Crippen molar-refractivity contribution in [1.29, 1.82) is 0 Å². The normalized spacial score (nSPS) is 26.1. The summed E-state index contributed by atoms with van der Waals surface area (Å²) in [5, 5.41) is 8.54. The van der Waals surface area contributed by atoms with Gasteiger partial charge in [0.2, 0.25) is 0 Å². The number of cyclic esters (lactones) is 1. The molecule has 1 aliphatic heterocycles. The maximum Gasteiger partial charge on any atom is 0.509 e. The zero-order valence-corrected chi connectivity index (χ0v) is 8.23. The summed E-state index contributed by atoms with van der Waals surface area (Å²) in [6, 6.07) is 0. The largest absolute Gasteiger partial charge is 0.509 e. The van der Waals surface area contributed by atoms with Gasteiger partial charge in [0, 0.05) is 17.6 Å². The molecule has 0 saturated heterocycles. The summed E-state index contributed by atoms with van der Waals surface area (Å²) in [5.41, 5.74) is -0.645. The highest BCUT2D eigenvalue weighted by Crippen LogP contribution is 2.39. The first-order valence-corrected chi connectivity index (χ1v) is 4.11. The van der Waals surface area contributed by atoms with Crippen LogP contribution in [0.4, 0.5) is 4.79 Å². The molecule has 0 saturated carbocycles. The number of hydrogen-bond acceptors (Lipinski definition) is 4. The summed E-state index contributed by atoms with van der Waals surface area (Å²) in [4.78, 5) is 21.4. The Kier molecular flexibility index (Phi) is 2.27. The lowest BCUT2D eigenvalue weighted by atomic mass is 9.85. The highest BCUT2D eigenvalue weighted by atomic mass is 16.8. The summed E-state index contributed by atoms with van der Waals surface area (Å²) in [5.74, 6) is -2.10. The van der Waals surface area contributed by atoms with Gasteiger partial charge in [-0.1, -0.05) is 20.8 Å². The minimum atomic E-state index is -1.50. The molecule has 0 spiro atoms. The Morgan fingerprint density at radius 3 is 2.43 bits per heavy atom. The maximum absolute atomic E-state index is 10.9. The summed E-state index contributed by atoms with van der Waals surface area (Å²) < 4.78 is 9.49. The molecule has 0 bridgehead atoms. The molecule has 1 aliphatic rings. The molecule has 1 rings (SSSR count). The molecular formula is C9H12O5. The van der Waals surface area contributed by atoms with Crippen LogP contribution in [0.2, 0.25) is 0 Å². The third-order valence-corrected chi connectivity index (χ3v) is 1.98. The average molecular weight is 200 g/mol. The van der Waals surface area contributed by atoms with Crippen LogP contribution in [0.15, 0.2) is 12.2 Å². The molecule has 0 aromatic carbocycles. The molecule has 1 unspecified atom stereocenters. The number of hydrogen-bond donors (Lipinski definition) is 1. The quantitative estimate of drug-likeness (QED) is 0.650. The molecule has 1 N–H and O–H groups in total. The lowest BCUT2D eigenvalue weighted by molar-refractivity contribution is -0.216. The fraction of sp³-hybridized carbons (Fsp3) is 0.556. The van der Waals surface area contributed by atoms with E-state index in [0.717, 1.165) is 6.08 Å². The highest BCUT2D eigenvalue weighted by molar-refractivity contribution is 5.85. The Morgan fingerprint density at radius 2 is 2.14 bits per heavy atom. The van der Waals surface area contributed by atoms with Gasteiger partial charge in [0.15, 0.2) is 0 Å². The Bertz CT molecular complexity index is 299. The van der Waals surface area contributed by atoms with E-state index >= 15 is 0 Å². The topological polar surface area (TPSA) is 72.8 Å². The van der Waals surface area contributed by atoms with Crippen molar-refractivity contribution in [3.05, 3.63) is 12.2 Å². The third-order valence-electron chi connectivity index (χ3n) is 1.98. The van der Waals surface area contributed by atoms with Gasteiger partial charge in [-0.15, -0.1) is 0 Å². The van der Waals surface area contributed by atoms with E-state index < -0.39 is 23.3 Å². The Morgan fingerprint density at radius 1 is 1.57 bits per heavy atom. The van der Waals surface area contributed by atoms with Crippen LogP contribution in [-0.2, 0) is 14.3 Å². The van der Waals surface area contributed by atoms with E-state index in [1.165, 1.54) is 6.08 Å². The molecule has 5 heteroatoms. The fourth-order valence-electron chi connectivity index (χ4n) is 1.14. The second-order valence-corrected chi connectivity index (χ2v) is 4.04. The van der Waals surface area contributed by atoms with Crippen molar-refractivity contribution in [3.63, 3.8) is 0 Å². The van der Waals surface area contributed by atoms with Crippen LogP contribution >= 0.6 is 0 Å². The van der Waals surface area contributed by atoms with Crippen LogP contribution in [0.25, 0.3) is 0 Å². The van der Waals surface area contributed by atoms with Gasteiger partial charge in [-0.3, -0.25) is 0 Å². The lowest BCUT2D eigenvalue weighted by Gasteiger charge is -2.36. The van der Waals surface area contributed by atoms with E-state index in [1.54, 1.807) is 20.8 Å². The first-order chi connectivity index (χ1) is 6.27. The molecule has 0 radical (unpaired) electrons. The van der Waals surface area contributed by atoms with Gasteiger partial charge < -0.3 is 14.6 Å². The van der Waals surface area contributed by atoms with E-state index in [4.69, 9.17) is 9.84 Å².